The summed E-state index contributed by atoms with van der Waals surface area (Å²) in [5.41, 5.74) is 1.27. The fourth-order valence-electron chi connectivity index (χ4n) is 3.24. The van der Waals surface area contributed by atoms with Crippen molar-refractivity contribution in [2.45, 2.75) is 30.3 Å². The number of hydrogen-bond donors (Lipinski definition) is 1. The van der Waals surface area contributed by atoms with Crippen LogP contribution in [-0.2, 0) is 21.2 Å². The van der Waals surface area contributed by atoms with Crippen molar-refractivity contribution in [2.24, 2.45) is 0 Å². The maximum atomic E-state index is 12.3. The summed E-state index contributed by atoms with van der Waals surface area (Å²) in [5.74, 6) is -0.995. The van der Waals surface area contributed by atoms with Gasteiger partial charge in [0.15, 0.2) is 9.84 Å². The number of rotatable bonds is 6. The lowest BCUT2D eigenvalue weighted by Crippen LogP contribution is -2.45. The average Bonchev–Trinajstić information content (AvgIpc) is 2.64. The van der Waals surface area contributed by atoms with Crippen LogP contribution in [0.3, 0.4) is 0 Å². The second-order valence-corrected chi connectivity index (χ2v) is 9.24. The minimum atomic E-state index is -3.66. The van der Waals surface area contributed by atoms with Crippen LogP contribution >= 0.6 is 11.6 Å². The highest BCUT2D eigenvalue weighted by molar-refractivity contribution is 7.92. The number of sulfone groups is 1. The standard InChI is InChI=1S/C20H23ClN2O3S/c21-17-6-8-19(9-7-17)27(25,26)15-20(24)22-18-10-12-23(13-11-18)14-16-4-2-1-3-5-16/h1-9,18H,10-15H2,(H,22,24). The number of carbonyl (C=O) groups excluding carboxylic acids is 1. The first kappa shape index (κ1) is 19.9. The molecule has 0 spiro atoms. The van der Waals surface area contributed by atoms with Crippen LogP contribution in [0, 0.1) is 0 Å². The van der Waals surface area contributed by atoms with Crippen molar-refractivity contribution in [1.82, 2.24) is 10.2 Å². The molecule has 1 saturated heterocycles. The van der Waals surface area contributed by atoms with E-state index in [0.717, 1.165) is 32.5 Å². The zero-order chi connectivity index (χ0) is 19.3. The Hall–Kier alpha value is -1.89. The predicted octanol–water partition coefficient (Wildman–Crippen LogP) is 2.89. The Morgan fingerprint density at radius 2 is 1.67 bits per heavy atom. The maximum Gasteiger partial charge on any atom is 0.235 e. The first-order valence-electron chi connectivity index (χ1n) is 8.96. The Balaban J connectivity index is 1.47. The molecule has 3 rings (SSSR count). The average molecular weight is 407 g/mol. The van der Waals surface area contributed by atoms with E-state index in [4.69, 9.17) is 11.6 Å². The summed E-state index contributed by atoms with van der Waals surface area (Å²) in [5, 5.41) is 3.33. The smallest absolute Gasteiger partial charge is 0.235 e. The second-order valence-electron chi connectivity index (χ2n) is 6.82. The number of hydrogen-bond acceptors (Lipinski definition) is 4. The van der Waals surface area contributed by atoms with Crippen molar-refractivity contribution in [2.75, 3.05) is 18.8 Å². The normalized spacial score (nSPS) is 16.2. The van der Waals surface area contributed by atoms with Crippen molar-refractivity contribution in [1.29, 1.82) is 0 Å². The minimum Gasteiger partial charge on any atom is -0.352 e. The van der Waals surface area contributed by atoms with Gasteiger partial charge in [-0.05, 0) is 42.7 Å². The number of benzene rings is 2. The summed E-state index contributed by atoms with van der Waals surface area (Å²) < 4.78 is 24.7. The Morgan fingerprint density at radius 1 is 1.04 bits per heavy atom. The zero-order valence-electron chi connectivity index (χ0n) is 15.0. The summed E-state index contributed by atoms with van der Waals surface area (Å²) in [7, 11) is -3.66. The van der Waals surface area contributed by atoms with Crippen molar-refractivity contribution in [3.05, 3.63) is 65.2 Å². The third kappa shape index (κ3) is 5.79. The maximum absolute atomic E-state index is 12.3. The van der Waals surface area contributed by atoms with Crippen molar-refractivity contribution in [3.63, 3.8) is 0 Å². The molecule has 144 valence electrons. The zero-order valence-corrected chi connectivity index (χ0v) is 16.5. The van der Waals surface area contributed by atoms with Crippen molar-refractivity contribution < 1.29 is 13.2 Å². The summed E-state index contributed by atoms with van der Waals surface area (Å²) in [4.78, 5) is 14.7. The lowest BCUT2D eigenvalue weighted by atomic mass is 10.0. The molecule has 2 aromatic rings. The van der Waals surface area contributed by atoms with Crippen LogP contribution < -0.4 is 5.32 Å². The highest BCUT2D eigenvalue weighted by Crippen LogP contribution is 2.17. The van der Waals surface area contributed by atoms with Gasteiger partial charge in [0.05, 0.1) is 4.90 Å². The van der Waals surface area contributed by atoms with Gasteiger partial charge in [-0.1, -0.05) is 41.9 Å². The van der Waals surface area contributed by atoms with Gasteiger partial charge >= 0.3 is 0 Å². The quantitative estimate of drug-likeness (QED) is 0.801. The van der Waals surface area contributed by atoms with Gasteiger partial charge in [0.2, 0.25) is 5.91 Å². The van der Waals surface area contributed by atoms with E-state index in [1.54, 1.807) is 0 Å². The first-order valence-corrected chi connectivity index (χ1v) is 11.0. The lowest BCUT2D eigenvalue weighted by Gasteiger charge is -2.32. The van der Waals surface area contributed by atoms with Crippen LogP contribution in [0.2, 0.25) is 5.02 Å². The minimum absolute atomic E-state index is 0.0185. The van der Waals surface area contributed by atoms with Gasteiger partial charge in [0.25, 0.3) is 0 Å². The Morgan fingerprint density at radius 3 is 2.30 bits per heavy atom. The Kier molecular flexibility index (Phi) is 6.52. The number of likely N-dealkylation sites (tertiary alicyclic amines) is 1. The molecule has 0 bridgehead atoms. The number of piperidine rings is 1. The van der Waals surface area contributed by atoms with E-state index in [1.807, 2.05) is 18.2 Å². The van der Waals surface area contributed by atoms with Gasteiger partial charge in [0, 0.05) is 30.7 Å². The molecule has 1 fully saturated rings. The van der Waals surface area contributed by atoms with Gasteiger partial charge in [0.1, 0.15) is 5.75 Å². The molecule has 0 aliphatic carbocycles. The van der Waals surface area contributed by atoms with Gasteiger partial charge in [-0.2, -0.15) is 0 Å². The largest absolute Gasteiger partial charge is 0.352 e. The van der Waals surface area contributed by atoms with E-state index < -0.39 is 21.5 Å². The van der Waals surface area contributed by atoms with Crippen LogP contribution in [-0.4, -0.2) is 44.1 Å². The van der Waals surface area contributed by atoms with E-state index in [1.165, 1.54) is 29.8 Å². The highest BCUT2D eigenvalue weighted by atomic mass is 35.5. The van der Waals surface area contributed by atoms with Crippen molar-refractivity contribution >= 4 is 27.3 Å². The van der Waals surface area contributed by atoms with E-state index in [2.05, 4.69) is 22.3 Å². The van der Waals surface area contributed by atoms with Crippen LogP contribution in [0.15, 0.2) is 59.5 Å². The molecule has 0 unspecified atom stereocenters. The third-order valence-electron chi connectivity index (χ3n) is 4.70. The molecule has 27 heavy (non-hydrogen) atoms. The van der Waals surface area contributed by atoms with Crippen molar-refractivity contribution in [3.8, 4) is 0 Å². The Labute approximate surface area is 165 Å². The van der Waals surface area contributed by atoms with Gasteiger partial charge in [-0.25, -0.2) is 8.42 Å². The van der Waals surface area contributed by atoms with Crippen LogP contribution in [0.4, 0.5) is 0 Å². The monoisotopic (exact) mass is 406 g/mol. The fraction of sp³-hybridized carbons (Fsp3) is 0.350. The molecule has 5 nitrogen and oxygen atoms in total. The molecule has 1 amide bonds. The molecule has 2 aromatic carbocycles. The topological polar surface area (TPSA) is 66.5 Å². The van der Waals surface area contributed by atoms with E-state index in [9.17, 15) is 13.2 Å². The van der Waals surface area contributed by atoms with Crippen LogP contribution in [0.5, 0.6) is 0 Å². The number of nitrogens with zero attached hydrogens (tertiary/aromatic N) is 1. The SMILES string of the molecule is O=C(CS(=O)(=O)c1ccc(Cl)cc1)NC1CCN(Cc2ccccc2)CC1. The molecule has 7 heteroatoms. The van der Waals surface area contributed by atoms with E-state index in [0.29, 0.717) is 5.02 Å². The van der Waals surface area contributed by atoms with E-state index in [-0.39, 0.29) is 10.9 Å². The predicted molar refractivity (Wildman–Crippen MR) is 106 cm³/mol. The van der Waals surface area contributed by atoms with Gasteiger partial charge in [-0.3, -0.25) is 9.69 Å². The lowest BCUT2D eigenvalue weighted by molar-refractivity contribution is -0.119. The fourth-order valence-corrected chi connectivity index (χ4v) is 4.52. The molecule has 1 heterocycles. The van der Waals surface area contributed by atoms with Crippen LogP contribution in [0.25, 0.3) is 0 Å². The second kappa shape index (κ2) is 8.87. The Bertz CT molecular complexity index is 862. The van der Waals surface area contributed by atoms with Gasteiger partial charge < -0.3 is 5.32 Å². The molecular weight excluding hydrogens is 384 g/mol. The molecule has 0 saturated carbocycles. The van der Waals surface area contributed by atoms with Crippen LogP contribution in [0.1, 0.15) is 18.4 Å². The summed E-state index contributed by atoms with van der Waals surface area (Å²) >= 11 is 5.78. The summed E-state index contributed by atoms with van der Waals surface area (Å²) in [6.07, 6.45) is 1.64. The molecule has 1 aliphatic rings. The number of amides is 1. The first-order chi connectivity index (χ1) is 12.9. The number of nitrogens with one attached hydrogen (secondary N) is 1. The molecule has 0 aromatic heterocycles. The molecule has 1 N–H and O–H groups in total. The number of carbonyl (C=O) groups is 1. The summed E-state index contributed by atoms with van der Waals surface area (Å²) in [6.45, 7) is 2.65. The molecule has 1 aliphatic heterocycles. The highest BCUT2D eigenvalue weighted by Gasteiger charge is 2.24. The summed E-state index contributed by atoms with van der Waals surface area (Å²) in [6, 6.07) is 16.2. The third-order valence-corrected chi connectivity index (χ3v) is 6.58. The van der Waals surface area contributed by atoms with Gasteiger partial charge in [-0.15, -0.1) is 0 Å². The number of halogens is 1. The molecule has 0 atom stereocenters. The molecular formula is C20H23ClN2O3S. The molecule has 0 radical (unpaired) electrons. The van der Waals surface area contributed by atoms with E-state index >= 15 is 0 Å².